The largest absolute Gasteiger partial charge is 0.356 e. The van der Waals surface area contributed by atoms with E-state index in [0.717, 1.165) is 49.2 Å². The standard InChI is InChI=1S/C19H26N6O/c1-20-6-3-4-17(26)25-10-13-8-15(9-14(13)11-25)24(2)19-16-5-7-21-18(16)22-12-23-19/h5-7,12-15H,3-4,8-11H2,1-2H3,(H,21,22,23)/b20-6+/t13-,14?,15-/m0/s1. The summed E-state index contributed by atoms with van der Waals surface area (Å²) < 4.78 is 0. The molecular weight excluding hydrogens is 328 g/mol. The number of nitrogens with zero attached hydrogens (tertiary/aromatic N) is 5. The SMILES string of the molecule is C/N=C/CCC(=O)N1CC2C[C@@H](N(C)c3ncnc4[nH]ccc34)C[C@H]2C1. The second-order valence-electron chi connectivity index (χ2n) is 7.47. The number of aromatic nitrogens is 3. The van der Waals surface area contributed by atoms with Crippen molar-refractivity contribution in [2.45, 2.75) is 31.7 Å². The minimum atomic E-state index is 0.272. The van der Waals surface area contributed by atoms with Crippen LogP contribution in [0.3, 0.4) is 0 Å². The van der Waals surface area contributed by atoms with E-state index in [0.29, 0.717) is 24.3 Å². The Hall–Kier alpha value is -2.44. The number of hydrogen-bond acceptors (Lipinski definition) is 5. The van der Waals surface area contributed by atoms with E-state index in [1.54, 1.807) is 13.4 Å². The van der Waals surface area contributed by atoms with Gasteiger partial charge in [0.05, 0.1) is 5.39 Å². The molecule has 2 aromatic rings. The fourth-order valence-electron chi connectivity index (χ4n) is 4.58. The first-order chi connectivity index (χ1) is 12.7. The first kappa shape index (κ1) is 17.0. The van der Waals surface area contributed by atoms with Crippen LogP contribution >= 0.6 is 0 Å². The fraction of sp³-hybridized carbons (Fsp3) is 0.579. The predicted octanol–water partition coefficient (Wildman–Crippen LogP) is 2.11. The second kappa shape index (κ2) is 7.05. The van der Waals surface area contributed by atoms with Crippen molar-refractivity contribution in [3.8, 4) is 0 Å². The highest BCUT2D eigenvalue weighted by molar-refractivity contribution is 5.87. The van der Waals surface area contributed by atoms with Crippen molar-refractivity contribution in [1.29, 1.82) is 0 Å². The highest BCUT2D eigenvalue weighted by Crippen LogP contribution is 2.41. The average molecular weight is 354 g/mol. The molecule has 1 saturated carbocycles. The van der Waals surface area contributed by atoms with Gasteiger partial charge in [-0.1, -0.05) is 0 Å². The first-order valence-electron chi connectivity index (χ1n) is 9.36. The molecule has 26 heavy (non-hydrogen) atoms. The number of H-pyrrole nitrogens is 1. The van der Waals surface area contributed by atoms with Crippen LogP contribution < -0.4 is 4.90 Å². The molecule has 1 aliphatic carbocycles. The van der Waals surface area contributed by atoms with E-state index < -0.39 is 0 Å². The zero-order valence-corrected chi connectivity index (χ0v) is 15.4. The maximum atomic E-state index is 12.3. The molecule has 2 fully saturated rings. The third kappa shape index (κ3) is 3.06. The molecule has 0 spiro atoms. The van der Waals surface area contributed by atoms with E-state index in [1.807, 2.05) is 18.5 Å². The average Bonchev–Trinajstić information content (AvgIpc) is 3.34. The Bertz CT molecular complexity index is 801. The monoisotopic (exact) mass is 354 g/mol. The van der Waals surface area contributed by atoms with Gasteiger partial charge in [-0.2, -0.15) is 0 Å². The van der Waals surface area contributed by atoms with Crippen LogP contribution in [0, 0.1) is 11.8 Å². The van der Waals surface area contributed by atoms with Crippen molar-refractivity contribution >= 4 is 29.0 Å². The van der Waals surface area contributed by atoms with Crippen LogP contribution in [-0.2, 0) is 4.79 Å². The summed E-state index contributed by atoms with van der Waals surface area (Å²) in [6.45, 7) is 1.81. The lowest BCUT2D eigenvalue weighted by Crippen LogP contribution is -2.34. The van der Waals surface area contributed by atoms with Crippen molar-refractivity contribution in [3.05, 3.63) is 18.6 Å². The Morgan fingerprint density at radius 2 is 2.15 bits per heavy atom. The number of hydrogen-bond donors (Lipinski definition) is 1. The molecule has 7 heteroatoms. The highest BCUT2D eigenvalue weighted by Gasteiger charge is 2.43. The van der Waals surface area contributed by atoms with Gasteiger partial charge in [0.25, 0.3) is 0 Å². The number of fused-ring (bicyclic) bond motifs is 2. The van der Waals surface area contributed by atoms with Crippen LogP contribution in [0.25, 0.3) is 11.0 Å². The third-order valence-electron chi connectivity index (χ3n) is 5.96. The Balaban J connectivity index is 1.39. The lowest BCUT2D eigenvalue weighted by molar-refractivity contribution is -0.130. The summed E-state index contributed by atoms with van der Waals surface area (Å²) in [6.07, 6.45) is 8.92. The molecular formula is C19H26N6O. The van der Waals surface area contributed by atoms with Gasteiger partial charge < -0.3 is 19.8 Å². The van der Waals surface area contributed by atoms with Crippen molar-refractivity contribution in [3.63, 3.8) is 0 Å². The zero-order chi connectivity index (χ0) is 18.1. The second-order valence-corrected chi connectivity index (χ2v) is 7.47. The number of rotatable bonds is 5. The smallest absolute Gasteiger partial charge is 0.222 e. The normalized spacial score (nSPS) is 25.3. The summed E-state index contributed by atoms with van der Waals surface area (Å²) in [5, 5.41) is 1.07. The van der Waals surface area contributed by atoms with Gasteiger partial charge in [-0.3, -0.25) is 4.79 Å². The molecule has 138 valence electrons. The number of carbonyl (C=O) groups is 1. The Morgan fingerprint density at radius 1 is 1.38 bits per heavy atom. The van der Waals surface area contributed by atoms with Crippen LogP contribution in [0.5, 0.6) is 0 Å². The molecule has 7 nitrogen and oxygen atoms in total. The van der Waals surface area contributed by atoms with Crippen LogP contribution in [0.15, 0.2) is 23.6 Å². The maximum Gasteiger partial charge on any atom is 0.222 e. The number of amides is 1. The summed E-state index contributed by atoms with van der Waals surface area (Å²) in [5.41, 5.74) is 0.882. The molecule has 1 saturated heterocycles. The molecule has 1 N–H and O–H groups in total. The molecule has 0 radical (unpaired) electrons. The van der Waals surface area contributed by atoms with Gasteiger partial charge in [-0.15, -0.1) is 0 Å². The summed E-state index contributed by atoms with van der Waals surface area (Å²) in [5.74, 6) is 2.48. The van der Waals surface area contributed by atoms with Crippen molar-refractivity contribution in [1.82, 2.24) is 19.9 Å². The van der Waals surface area contributed by atoms with E-state index in [4.69, 9.17) is 0 Å². The number of likely N-dealkylation sites (tertiary alicyclic amines) is 1. The van der Waals surface area contributed by atoms with E-state index in [-0.39, 0.29) is 5.91 Å². The van der Waals surface area contributed by atoms with Gasteiger partial charge in [0, 0.05) is 45.8 Å². The molecule has 0 aromatic carbocycles. The van der Waals surface area contributed by atoms with E-state index in [9.17, 15) is 4.79 Å². The van der Waals surface area contributed by atoms with Crippen molar-refractivity contribution in [2.75, 3.05) is 32.1 Å². The Morgan fingerprint density at radius 3 is 2.88 bits per heavy atom. The zero-order valence-electron chi connectivity index (χ0n) is 15.4. The van der Waals surface area contributed by atoms with Gasteiger partial charge in [-0.25, -0.2) is 9.97 Å². The molecule has 1 aliphatic heterocycles. The predicted molar refractivity (Wildman–Crippen MR) is 103 cm³/mol. The van der Waals surface area contributed by atoms with E-state index >= 15 is 0 Å². The van der Waals surface area contributed by atoms with Crippen LogP contribution in [0.4, 0.5) is 5.82 Å². The number of anilines is 1. The molecule has 0 bridgehead atoms. The lowest BCUT2D eigenvalue weighted by Gasteiger charge is -2.28. The Kier molecular flexibility index (Phi) is 4.61. The minimum absolute atomic E-state index is 0.272. The molecule has 3 heterocycles. The molecule has 2 aliphatic rings. The third-order valence-corrected chi connectivity index (χ3v) is 5.96. The van der Waals surface area contributed by atoms with Gasteiger partial charge in [-0.05, 0) is 43.4 Å². The number of nitrogens with one attached hydrogen (secondary N) is 1. The number of aliphatic imine (C=N–C) groups is 1. The highest BCUT2D eigenvalue weighted by atomic mass is 16.2. The minimum Gasteiger partial charge on any atom is -0.356 e. The van der Waals surface area contributed by atoms with Gasteiger partial charge in [0.2, 0.25) is 5.91 Å². The molecule has 4 rings (SSSR count). The van der Waals surface area contributed by atoms with Gasteiger partial charge in [0.15, 0.2) is 0 Å². The quantitative estimate of drug-likeness (QED) is 0.834. The molecule has 1 amide bonds. The molecule has 2 aromatic heterocycles. The van der Waals surface area contributed by atoms with Gasteiger partial charge >= 0.3 is 0 Å². The summed E-state index contributed by atoms with van der Waals surface area (Å²) >= 11 is 0. The van der Waals surface area contributed by atoms with Crippen LogP contribution in [0.2, 0.25) is 0 Å². The van der Waals surface area contributed by atoms with Gasteiger partial charge in [0.1, 0.15) is 17.8 Å². The summed E-state index contributed by atoms with van der Waals surface area (Å²) in [7, 11) is 3.88. The summed E-state index contributed by atoms with van der Waals surface area (Å²) in [4.78, 5) is 32.6. The lowest BCUT2D eigenvalue weighted by atomic mass is 10.0. The first-order valence-corrected chi connectivity index (χ1v) is 9.36. The molecule has 1 unspecified atom stereocenters. The maximum absolute atomic E-state index is 12.3. The van der Waals surface area contributed by atoms with E-state index in [1.165, 1.54) is 0 Å². The fourth-order valence-corrected chi connectivity index (χ4v) is 4.58. The Labute approximate surface area is 153 Å². The topological polar surface area (TPSA) is 77.5 Å². The van der Waals surface area contributed by atoms with E-state index in [2.05, 4.69) is 36.8 Å². The number of carbonyl (C=O) groups excluding carboxylic acids is 1. The molecule has 3 atom stereocenters. The van der Waals surface area contributed by atoms with Crippen molar-refractivity contribution < 1.29 is 4.79 Å². The van der Waals surface area contributed by atoms with Crippen molar-refractivity contribution in [2.24, 2.45) is 16.8 Å². The van der Waals surface area contributed by atoms with Crippen LogP contribution in [-0.4, -0.2) is 65.2 Å². The van der Waals surface area contributed by atoms with Crippen LogP contribution in [0.1, 0.15) is 25.7 Å². The number of aromatic amines is 1. The summed E-state index contributed by atoms with van der Waals surface area (Å²) in [6, 6.07) is 2.51.